The fourth-order valence-corrected chi connectivity index (χ4v) is 6.25. The van der Waals surface area contributed by atoms with Gasteiger partial charge in [-0.1, -0.05) is 60.7 Å². The summed E-state index contributed by atoms with van der Waals surface area (Å²) in [6.45, 7) is 0. The summed E-state index contributed by atoms with van der Waals surface area (Å²) < 4.78 is 0. The van der Waals surface area contributed by atoms with Crippen LogP contribution in [0.15, 0.2) is 122 Å². The molecule has 0 bridgehead atoms. The van der Waals surface area contributed by atoms with E-state index in [4.69, 9.17) is 11.5 Å². The molecule has 48 heavy (non-hydrogen) atoms. The van der Waals surface area contributed by atoms with Gasteiger partial charge in [-0.05, 0) is 70.1 Å². The van der Waals surface area contributed by atoms with Crippen molar-refractivity contribution < 1.29 is 19.8 Å². The number of carboxylic acid groups (broad SMARTS) is 2. The molecule has 0 fully saturated rings. The summed E-state index contributed by atoms with van der Waals surface area (Å²) in [5.41, 5.74) is 18.0. The quantitative estimate of drug-likeness (QED) is 0.0439. The molecule has 0 aromatic heterocycles. The van der Waals surface area contributed by atoms with E-state index < -0.39 is 11.9 Å². The number of aromatic carboxylic acids is 2. The smallest absolute Gasteiger partial charge is 0.336 e. The van der Waals surface area contributed by atoms with Gasteiger partial charge in [0, 0.05) is 21.4 Å². The number of benzene rings is 6. The Morgan fingerprint density at radius 3 is 1.54 bits per heavy atom. The minimum Gasteiger partial charge on any atom is -0.478 e. The van der Waals surface area contributed by atoms with Gasteiger partial charge in [0.2, 0.25) is 0 Å². The van der Waals surface area contributed by atoms with Crippen LogP contribution in [0.25, 0.3) is 32.7 Å². The molecular formula is C36H28N6O4S2. The van der Waals surface area contributed by atoms with Crippen LogP contribution in [0.2, 0.25) is 0 Å². The number of hydrogen-bond donors (Lipinski definition) is 5. The van der Waals surface area contributed by atoms with Gasteiger partial charge in [-0.15, -0.1) is 27.1 Å². The minimum absolute atomic E-state index is 0.0943. The Kier molecular flexibility index (Phi) is 9.10. The number of thiol groups is 1. The van der Waals surface area contributed by atoms with Gasteiger partial charge in [0.05, 0.1) is 33.9 Å². The molecule has 6 aromatic rings. The summed E-state index contributed by atoms with van der Waals surface area (Å²) >= 11 is 6.01. The lowest BCUT2D eigenvalue weighted by Crippen LogP contribution is -1.99. The van der Waals surface area contributed by atoms with E-state index in [0.29, 0.717) is 50.0 Å². The van der Waals surface area contributed by atoms with E-state index in [1.807, 2.05) is 42.7 Å². The van der Waals surface area contributed by atoms with Crippen LogP contribution in [0.3, 0.4) is 0 Å². The summed E-state index contributed by atoms with van der Waals surface area (Å²) in [5.74, 6) is -1.77. The van der Waals surface area contributed by atoms with Crippen LogP contribution in [0.4, 0.5) is 34.1 Å². The fraction of sp³-hybridized carbons (Fsp3) is 0.0556. The number of hydrogen-bond acceptors (Lipinski definition) is 10. The lowest BCUT2D eigenvalue weighted by atomic mass is 10.0. The standard InChI is InChI=1S/C36H28N6O4S2/c1-48-32-15-20(11-13-29(32)40-42-31-17-27(36(45)46)23-7-3-5-9-25(23)34(31)38)19-10-12-28(21(14-19)18-47)39-41-30-16-26(35(43)44)22-6-2-4-8-24(22)33(30)37/h2-17,47H,18,37-38H2,1H3,(H,43,44)(H,45,46). The zero-order valence-electron chi connectivity index (χ0n) is 25.5. The van der Waals surface area contributed by atoms with Crippen molar-refractivity contribution in [2.45, 2.75) is 10.6 Å². The van der Waals surface area contributed by atoms with Crippen molar-refractivity contribution in [2.75, 3.05) is 17.7 Å². The van der Waals surface area contributed by atoms with Crippen molar-refractivity contribution in [1.29, 1.82) is 0 Å². The third kappa shape index (κ3) is 6.18. The van der Waals surface area contributed by atoms with Gasteiger partial charge in [-0.3, -0.25) is 0 Å². The molecule has 0 atom stereocenters. The Bertz CT molecular complexity index is 2160. The molecule has 10 nitrogen and oxygen atoms in total. The highest BCUT2D eigenvalue weighted by molar-refractivity contribution is 7.98. The molecule has 0 amide bonds. The normalized spacial score (nSPS) is 11.6. The van der Waals surface area contributed by atoms with E-state index in [1.165, 1.54) is 23.9 Å². The van der Waals surface area contributed by atoms with Crippen LogP contribution in [0.1, 0.15) is 26.3 Å². The third-order valence-corrected chi connectivity index (χ3v) is 8.99. The number of nitrogen functional groups attached to an aromatic ring is 2. The first-order chi connectivity index (χ1) is 23.2. The minimum atomic E-state index is -1.08. The number of carbonyl (C=O) groups is 2. The second-order valence-electron chi connectivity index (χ2n) is 10.7. The number of rotatable bonds is 9. The van der Waals surface area contributed by atoms with Gasteiger partial charge in [0.1, 0.15) is 11.4 Å². The summed E-state index contributed by atoms with van der Waals surface area (Å²) in [6, 6.07) is 28.4. The Labute approximate surface area is 284 Å². The zero-order valence-corrected chi connectivity index (χ0v) is 27.2. The molecule has 0 saturated heterocycles. The molecule has 6 N–H and O–H groups in total. The van der Waals surface area contributed by atoms with E-state index in [-0.39, 0.29) is 22.5 Å². The van der Waals surface area contributed by atoms with Crippen molar-refractivity contribution in [3.05, 3.63) is 114 Å². The molecular weight excluding hydrogens is 645 g/mol. The number of nitrogens with two attached hydrogens (primary N) is 2. The molecule has 12 heteroatoms. The highest BCUT2D eigenvalue weighted by Crippen LogP contribution is 2.39. The third-order valence-electron chi connectivity index (χ3n) is 7.88. The van der Waals surface area contributed by atoms with Crippen LogP contribution < -0.4 is 11.5 Å². The van der Waals surface area contributed by atoms with Crippen molar-refractivity contribution >= 4 is 92.0 Å². The summed E-state index contributed by atoms with van der Waals surface area (Å²) in [7, 11) is 0. The molecule has 0 spiro atoms. The largest absolute Gasteiger partial charge is 0.478 e. The van der Waals surface area contributed by atoms with Gasteiger partial charge in [0.15, 0.2) is 0 Å². The molecule has 0 aliphatic rings. The van der Waals surface area contributed by atoms with Crippen molar-refractivity contribution in [3.63, 3.8) is 0 Å². The van der Waals surface area contributed by atoms with Crippen LogP contribution in [-0.4, -0.2) is 28.4 Å². The van der Waals surface area contributed by atoms with E-state index >= 15 is 0 Å². The van der Waals surface area contributed by atoms with E-state index in [0.717, 1.165) is 21.6 Å². The molecule has 238 valence electrons. The van der Waals surface area contributed by atoms with Gasteiger partial charge in [-0.25, -0.2) is 9.59 Å². The number of nitrogens with zero attached hydrogens (tertiary/aromatic N) is 4. The molecule has 0 radical (unpaired) electrons. The van der Waals surface area contributed by atoms with Gasteiger partial charge >= 0.3 is 11.9 Å². The topological polar surface area (TPSA) is 176 Å². The molecule has 0 aliphatic carbocycles. The van der Waals surface area contributed by atoms with Crippen LogP contribution >= 0.6 is 24.4 Å². The van der Waals surface area contributed by atoms with Gasteiger partial charge in [-0.2, -0.15) is 17.7 Å². The maximum atomic E-state index is 11.9. The summed E-state index contributed by atoms with van der Waals surface area (Å²) in [4.78, 5) is 24.7. The molecule has 0 aliphatic heterocycles. The van der Waals surface area contributed by atoms with E-state index in [2.05, 4.69) is 33.1 Å². The maximum Gasteiger partial charge on any atom is 0.336 e. The van der Waals surface area contributed by atoms with Crippen LogP contribution in [0, 0.1) is 0 Å². The predicted octanol–water partition coefficient (Wildman–Crippen LogP) is 10.2. The van der Waals surface area contributed by atoms with Crippen LogP contribution in [0.5, 0.6) is 0 Å². The van der Waals surface area contributed by atoms with E-state index in [9.17, 15) is 19.8 Å². The Morgan fingerprint density at radius 1 is 0.625 bits per heavy atom. The highest BCUT2D eigenvalue weighted by Gasteiger charge is 2.16. The van der Waals surface area contributed by atoms with Crippen molar-refractivity contribution in [1.82, 2.24) is 0 Å². The first kappa shape index (κ1) is 32.2. The number of anilines is 2. The SMILES string of the molecule is CSc1cc(-c2ccc(N=Nc3cc(C(=O)O)c4ccccc4c3N)c(CS)c2)ccc1N=Nc1cc(C(=O)O)c2ccccc2c1N. The summed E-state index contributed by atoms with van der Waals surface area (Å²) in [5, 5.41) is 39.3. The lowest BCUT2D eigenvalue weighted by molar-refractivity contribution is 0.0688. The van der Waals surface area contributed by atoms with E-state index in [1.54, 1.807) is 48.5 Å². The van der Waals surface area contributed by atoms with Crippen molar-refractivity contribution in [2.24, 2.45) is 20.5 Å². The monoisotopic (exact) mass is 672 g/mol. The fourth-order valence-electron chi connectivity index (χ4n) is 5.43. The second-order valence-corrected chi connectivity index (χ2v) is 11.9. The van der Waals surface area contributed by atoms with Gasteiger partial charge in [0.25, 0.3) is 0 Å². The first-order valence-electron chi connectivity index (χ1n) is 14.5. The molecule has 0 saturated carbocycles. The number of fused-ring (bicyclic) bond motifs is 2. The predicted molar refractivity (Wildman–Crippen MR) is 195 cm³/mol. The average Bonchev–Trinajstić information content (AvgIpc) is 3.10. The molecule has 6 aromatic carbocycles. The Hall–Kier alpha value is -5.72. The molecule has 0 unspecified atom stereocenters. The zero-order chi connectivity index (χ0) is 33.9. The molecule has 0 heterocycles. The summed E-state index contributed by atoms with van der Waals surface area (Å²) in [6.07, 6.45) is 1.93. The number of carboxylic acids is 2. The first-order valence-corrected chi connectivity index (χ1v) is 16.4. The maximum absolute atomic E-state index is 11.9. The second kappa shape index (κ2) is 13.6. The number of thioether (sulfide) groups is 1. The van der Waals surface area contributed by atoms with Crippen LogP contribution in [-0.2, 0) is 5.75 Å². The Balaban J connectivity index is 1.30. The number of azo groups is 2. The Morgan fingerprint density at radius 2 is 1.06 bits per heavy atom. The molecule has 6 rings (SSSR count). The van der Waals surface area contributed by atoms with Gasteiger partial charge < -0.3 is 21.7 Å². The average molecular weight is 673 g/mol. The highest BCUT2D eigenvalue weighted by atomic mass is 32.2. The van der Waals surface area contributed by atoms with Crippen molar-refractivity contribution in [3.8, 4) is 11.1 Å². The lowest BCUT2D eigenvalue weighted by Gasteiger charge is -2.11.